The van der Waals surface area contributed by atoms with E-state index in [2.05, 4.69) is 0 Å². The third-order valence-electron chi connectivity index (χ3n) is 4.97. The molecule has 0 spiro atoms. The van der Waals surface area contributed by atoms with Crippen molar-refractivity contribution in [1.29, 1.82) is 0 Å². The summed E-state index contributed by atoms with van der Waals surface area (Å²) in [5.41, 5.74) is 1.85. The predicted molar refractivity (Wildman–Crippen MR) is 113 cm³/mol. The average Bonchev–Trinajstić information content (AvgIpc) is 2.93. The molecule has 144 valence electrons. The standard InChI is InChI=1S/C21H17Cl3N2O2/c22-14-6-4-13(5-7-14)18-19(25-8-2-1-3-9-25)21(28)26(20(18)27)17-11-15(23)10-16(24)12-17/h4-7,10-12H,1-3,8-9H2. The zero-order valence-electron chi connectivity index (χ0n) is 14.9. The van der Waals surface area contributed by atoms with Crippen molar-refractivity contribution >= 4 is 57.9 Å². The van der Waals surface area contributed by atoms with Crippen LogP contribution in [0.15, 0.2) is 48.2 Å². The van der Waals surface area contributed by atoms with Crippen LogP contribution in [0.25, 0.3) is 5.57 Å². The van der Waals surface area contributed by atoms with E-state index in [1.807, 2.05) is 4.90 Å². The highest BCUT2D eigenvalue weighted by Crippen LogP contribution is 2.37. The lowest BCUT2D eigenvalue weighted by Crippen LogP contribution is -2.37. The molecule has 0 N–H and O–H groups in total. The normalized spacial score (nSPS) is 17.7. The molecule has 2 aliphatic rings. The molecule has 4 rings (SSSR count). The molecular formula is C21H17Cl3N2O2. The molecule has 2 aromatic carbocycles. The van der Waals surface area contributed by atoms with Crippen molar-refractivity contribution in [2.75, 3.05) is 18.0 Å². The Balaban J connectivity index is 1.84. The summed E-state index contributed by atoms with van der Waals surface area (Å²) in [7, 11) is 0. The minimum atomic E-state index is -0.383. The number of amides is 2. The van der Waals surface area contributed by atoms with E-state index < -0.39 is 0 Å². The van der Waals surface area contributed by atoms with E-state index in [4.69, 9.17) is 34.8 Å². The van der Waals surface area contributed by atoms with E-state index in [1.165, 1.54) is 0 Å². The second-order valence-corrected chi connectivity index (χ2v) is 8.16. The van der Waals surface area contributed by atoms with Crippen molar-refractivity contribution in [3.63, 3.8) is 0 Å². The largest absolute Gasteiger partial charge is 0.366 e. The van der Waals surface area contributed by atoms with E-state index >= 15 is 0 Å². The Labute approximate surface area is 178 Å². The van der Waals surface area contributed by atoms with Gasteiger partial charge in [-0.2, -0.15) is 0 Å². The van der Waals surface area contributed by atoms with Gasteiger partial charge in [0.2, 0.25) is 0 Å². The molecule has 2 aromatic rings. The van der Waals surface area contributed by atoms with Gasteiger partial charge in [-0.05, 0) is 55.2 Å². The Hall–Kier alpha value is -2.01. The number of imide groups is 1. The highest BCUT2D eigenvalue weighted by atomic mass is 35.5. The molecule has 0 unspecified atom stereocenters. The molecule has 2 heterocycles. The van der Waals surface area contributed by atoms with Crippen LogP contribution in [0.3, 0.4) is 0 Å². The first kappa shape index (κ1) is 19.3. The third kappa shape index (κ3) is 3.52. The van der Waals surface area contributed by atoms with Crippen molar-refractivity contribution < 1.29 is 9.59 Å². The molecule has 4 nitrogen and oxygen atoms in total. The summed E-state index contributed by atoms with van der Waals surface area (Å²) in [5.74, 6) is -0.735. The molecule has 28 heavy (non-hydrogen) atoms. The number of benzene rings is 2. The lowest BCUT2D eigenvalue weighted by molar-refractivity contribution is -0.120. The number of piperidine rings is 1. The monoisotopic (exact) mass is 434 g/mol. The molecule has 0 radical (unpaired) electrons. The fraction of sp³-hybridized carbons (Fsp3) is 0.238. The Bertz CT molecular complexity index is 959. The van der Waals surface area contributed by atoms with Gasteiger partial charge in [-0.3, -0.25) is 9.59 Å². The molecule has 0 bridgehead atoms. The molecule has 1 saturated heterocycles. The van der Waals surface area contributed by atoms with Gasteiger partial charge in [0.1, 0.15) is 5.70 Å². The second-order valence-electron chi connectivity index (χ2n) is 6.85. The van der Waals surface area contributed by atoms with E-state index in [0.717, 1.165) is 37.3 Å². The first-order valence-corrected chi connectivity index (χ1v) is 10.2. The maximum Gasteiger partial charge on any atom is 0.282 e. The van der Waals surface area contributed by atoms with Crippen LogP contribution in [0.2, 0.25) is 15.1 Å². The number of hydrogen-bond donors (Lipinski definition) is 0. The van der Waals surface area contributed by atoms with Crippen LogP contribution < -0.4 is 4.90 Å². The van der Waals surface area contributed by atoms with Crippen LogP contribution in [0.4, 0.5) is 5.69 Å². The van der Waals surface area contributed by atoms with Gasteiger partial charge < -0.3 is 4.90 Å². The fourth-order valence-corrected chi connectivity index (χ4v) is 4.35. The Morgan fingerprint density at radius 3 is 1.93 bits per heavy atom. The van der Waals surface area contributed by atoms with Gasteiger partial charge in [0.05, 0.1) is 11.3 Å². The van der Waals surface area contributed by atoms with Gasteiger partial charge in [-0.1, -0.05) is 46.9 Å². The fourth-order valence-electron chi connectivity index (χ4n) is 3.71. The zero-order valence-corrected chi connectivity index (χ0v) is 17.2. The number of rotatable bonds is 3. The van der Waals surface area contributed by atoms with Crippen molar-refractivity contribution in [3.05, 3.63) is 68.8 Å². The SMILES string of the molecule is O=C1C(c2ccc(Cl)cc2)=C(N2CCCCC2)C(=O)N1c1cc(Cl)cc(Cl)c1. The van der Waals surface area contributed by atoms with Crippen molar-refractivity contribution in [3.8, 4) is 0 Å². The number of anilines is 1. The van der Waals surface area contributed by atoms with E-state index in [-0.39, 0.29) is 11.8 Å². The van der Waals surface area contributed by atoms with Crippen LogP contribution in [-0.2, 0) is 9.59 Å². The first-order chi connectivity index (χ1) is 13.5. The zero-order chi connectivity index (χ0) is 19.8. The van der Waals surface area contributed by atoms with Crippen molar-refractivity contribution in [1.82, 2.24) is 4.90 Å². The number of halogens is 3. The summed E-state index contributed by atoms with van der Waals surface area (Å²) in [6, 6.07) is 11.7. The van der Waals surface area contributed by atoms with Crippen LogP contribution >= 0.6 is 34.8 Å². The van der Waals surface area contributed by atoms with Gasteiger partial charge in [-0.15, -0.1) is 0 Å². The minimum absolute atomic E-state index is 0.352. The number of likely N-dealkylation sites (tertiary alicyclic amines) is 1. The van der Waals surface area contributed by atoms with Crippen molar-refractivity contribution in [2.45, 2.75) is 19.3 Å². The molecule has 0 aliphatic carbocycles. The molecule has 0 saturated carbocycles. The highest BCUT2D eigenvalue weighted by Gasteiger charge is 2.42. The topological polar surface area (TPSA) is 40.6 Å². The predicted octanol–water partition coefficient (Wildman–Crippen LogP) is 5.42. The van der Waals surface area contributed by atoms with Gasteiger partial charge in [0.25, 0.3) is 11.8 Å². The number of hydrogen-bond acceptors (Lipinski definition) is 3. The lowest BCUT2D eigenvalue weighted by atomic mass is 10.0. The molecule has 0 atom stereocenters. The van der Waals surface area contributed by atoms with Gasteiger partial charge in [0, 0.05) is 28.2 Å². The van der Waals surface area contributed by atoms with Crippen molar-refractivity contribution in [2.24, 2.45) is 0 Å². The molecular weight excluding hydrogens is 419 g/mol. The highest BCUT2D eigenvalue weighted by molar-refractivity contribution is 6.46. The number of carbonyl (C=O) groups is 2. The number of carbonyl (C=O) groups excluding carboxylic acids is 2. The molecule has 0 aromatic heterocycles. The Morgan fingerprint density at radius 1 is 0.714 bits per heavy atom. The van der Waals surface area contributed by atoms with Gasteiger partial charge in [-0.25, -0.2) is 4.90 Å². The molecule has 1 fully saturated rings. The van der Waals surface area contributed by atoms with E-state index in [9.17, 15) is 9.59 Å². The van der Waals surface area contributed by atoms with E-state index in [0.29, 0.717) is 37.6 Å². The maximum atomic E-state index is 13.4. The first-order valence-electron chi connectivity index (χ1n) is 9.06. The van der Waals surface area contributed by atoms with Crippen LogP contribution in [0, 0.1) is 0 Å². The van der Waals surface area contributed by atoms with Crippen LogP contribution in [-0.4, -0.2) is 29.8 Å². The summed E-state index contributed by atoms with van der Waals surface area (Å²) in [6.45, 7) is 1.49. The summed E-state index contributed by atoms with van der Waals surface area (Å²) in [4.78, 5) is 29.9. The lowest BCUT2D eigenvalue weighted by Gasteiger charge is -2.29. The quantitative estimate of drug-likeness (QED) is 0.605. The van der Waals surface area contributed by atoms with Gasteiger partial charge >= 0.3 is 0 Å². The van der Waals surface area contributed by atoms with Crippen LogP contribution in [0.5, 0.6) is 0 Å². The van der Waals surface area contributed by atoms with Gasteiger partial charge in [0.15, 0.2) is 0 Å². The molecule has 2 aliphatic heterocycles. The Kier molecular flexibility index (Phi) is 5.37. The minimum Gasteiger partial charge on any atom is -0.366 e. The van der Waals surface area contributed by atoms with E-state index in [1.54, 1.807) is 42.5 Å². The average molecular weight is 436 g/mol. The molecule has 7 heteroatoms. The van der Waals surface area contributed by atoms with Crippen LogP contribution in [0.1, 0.15) is 24.8 Å². The summed E-state index contributed by atoms with van der Waals surface area (Å²) < 4.78 is 0. The second kappa shape index (κ2) is 7.78. The third-order valence-corrected chi connectivity index (χ3v) is 5.66. The summed E-state index contributed by atoms with van der Waals surface area (Å²) in [6.07, 6.45) is 3.10. The summed E-state index contributed by atoms with van der Waals surface area (Å²) in [5, 5.41) is 1.30. The summed E-state index contributed by atoms with van der Waals surface area (Å²) >= 11 is 18.2. The smallest absolute Gasteiger partial charge is 0.282 e. The molecule has 2 amide bonds. The Morgan fingerprint density at radius 2 is 1.32 bits per heavy atom. The number of nitrogens with zero attached hydrogens (tertiary/aromatic N) is 2. The maximum absolute atomic E-state index is 13.4.